The molecule has 1 saturated heterocycles. The lowest BCUT2D eigenvalue weighted by molar-refractivity contribution is 0.0759. The molecule has 3 rings (SSSR count). The number of hydrogen-bond donors (Lipinski definition) is 0. The summed E-state index contributed by atoms with van der Waals surface area (Å²) in [6, 6.07) is 10.5. The predicted octanol–water partition coefficient (Wildman–Crippen LogP) is 4.30. The fourth-order valence-corrected chi connectivity index (χ4v) is 3.58. The van der Waals surface area contributed by atoms with Gasteiger partial charge in [0.15, 0.2) is 0 Å². The first-order chi connectivity index (χ1) is 10.2. The number of carbonyl (C=O) groups is 1. The Balaban J connectivity index is 1.77. The Morgan fingerprint density at radius 1 is 1.19 bits per heavy atom. The summed E-state index contributed by atoms with van der Waals surface area (Å²) in [4.78, 5) is 15.3. The molecular weight excluding hydrogens is 285 g/mol. The smallest absolute Gasteiger partial charge is 0.263 e. The predicted molar refractivity (Wildman–Crippen MR) is 83.2 cm³/mol. The van der Waals surface area contributed by atoms with Crippen LogP contribution in [-0.2, 0) is 0 Å². The minimum Gasteiger partial charge on any atom is -0.337 e. The summed E-state index contributed by atoms with van der Waals surface area (Å²) in [7, 11) is 0. The van der Waals surface area contributed by atoms with E-state index in [1.54, 1.807) is 0 Å². The summed E-state index contributed by atoms with van der Waals surface area (Å²) in [6.07, 6.45) is 3.20. The van der Waals surface area contributed by atoms with Gasteiger partial charge < -0.3 is 4.90 Å². The van der Waals surface area contributed by atoms with Gasteiger partial charge in [0.2, 0.25) is 0 Å². The number of carbonyl (C=O) groups excluding carboxylic acids is 1. The van der Waals surface area contributed by atoms with Gasteiger partial charge in [-0.15, -0.1) is 11.3 Å². The Morgan fingerprint density at radius 2 is 2.00 bits per heavy atom. The molecule has 0 spiro atoms. The molecular formula is C17H18FNOS. The third kappa shape index (κ3) is 3.32. The van der Waals surface area contributed by atoms with Crippen molar-refractivity contribution in [3.63, 3.8) is 0 Å². The van der Waals surface area contributed by atoms with Gasteiger partial charge >= 0.3 is 0 Å². The Hall–Kier alpha value is -1.68. The number of amides is 1. The molecule has 2 heterocycles. The Kier molecular flexibility index (Phi) is 4.34. The molecule has 1 fully saturated rings. The highest BCUT2D eigenvalue weighted by Gasteiger charge is 2.24. The highest BCUT2D eigenvalue weighted by Crippen LogP contribution is 2.28. The van der Waals surface area contributed by atoms with Crippen LogP contribution in [0, 0.1) is 5.82 Å². The number of hydrogen-bond acceptors (Lipinski definition) is 2. The van der Waals surface area contributed by atoms with Crippen LogP contribution >= 0.6 is 11.3 Å². The van der Waals surface area contributed by atoms with Crippen molar-refractivity contribution >= 4 is 17.2 Å². The lowest BCUT2D eigenvalue weighted by atomic mass is 9.94. The molecule has 4 heteroatoms. The molecule has 2 aromatic rings. The molecule has 1 amide bonds. The Bertz CT molecular complexity index is 594. The van der Waals surface area contributed by atoms with E-state index in [1.165, 1.54) is 23.5 Å². The van der Waals surface area contributed by atoms with Crippen LogP contribution in [0.15, 0.2) is 41.8 Å². The van der Waals surface area contributed by atoms with E-state index >= 15 is 0 Å². The van der Waals surface area contributed by atoms with Crippen LogP contribution in [0.1, 0.15) is 40.4 Å². The van der Waals surface area contributed by atoms with Crippen molar-refractivity contribution in [3.05, 3.63) is 58.0 Å². The van der Waals surface area contributed by atoms with E-state index in [9.17, 15) is 9.18 Å². The zero-order valence-electron chi connectivity index (χ0n) is 11.8. The van der Waals surface area contributed by atoms with Gasteiger partial charge in [-0.05, 0) is 42.0 Å². The normalized spacial score (nSPS) is 19.3. The molecule has 1 aliphatic heterocycles. The van der Waals surface area contributed by atoms with Crippen LogP contribution < -0.4 is 0 Å². The van der Waals surface area contributed by atoms with E-state index in [2.05, 4.69) is 0 Å². The van der Waals surface area contributed by atoms with E-state index in [0.29, 0.717) is 5.92 Å². The Morgan fingerprint density at radius 3 is 2.71 bits per heavy atom. The molecule has 0 bridgehead atoms. The van der Waals surface area contributed by atoms with Crippen molar-refractivity contribution in [1.29, 1.82) is 0 Å². The van der Waals surface area contributed by atoms with E-state index in [0.717, 1.165) is 42.8 Å². The van der Waals surface area contributed by atoms with Gasteiger partial charge in [-0.25, -0.2) is 4.39 Å². The SMILES string of the molecule is O=C(c1cccs1)N1CCCCC(c2ccc(F)cc2)C1. The third-order valence-electron chi connectivity index (χ3n) is 4.03. The fraction of sp³-hybridized carbons (Fsp3) is 0.353. The van der Waals surface area contributed by atoms with Crippen molar-refractivity contribution in [1.82, 2.24) is 4.90 Å². The number of nitrogens with zero attached hydrogens (tertiary/aromatic N) is 1. The van der Waals surface area contributed by atoms with Crippen LogP contribution in [0.3, 0.4) is 0 Å². The minimum atomic E-state index is -0.209. The maximum Gasteiger partial charge on any atom is 0.263 e. The molecule has 0 aliphatic carbocycles. The van der Waals surface area contributed by atoms with E-state index < -0.39 is 0 Å². The summed E-state index contributed by atoms with van der Waals surface area (Å²) in [5.41, 5.74) is 1.13. The van der Waals surface area contributed by atoms with Crippen LogP contribution in [0.25, 0.3) is 0 Å². The molecule has 1 atom stereocenters. The second kappa shape index (κ2) is 6.39. The van der Waals surface area contributed by atoms with Gasteiger partial charge in [0.05, 0.1) is 4.88 Å². The molecule has 1 aromatic carbocycles. The second-order valence-corrected chi connectivity index (χ2v) is 6.42. The number of benzene rings is 1. The van der Waals surface area contributed by atoms with Crippen molar-refractivity contribution in [2.45, 2.75) is 25.2 Å². The number of halogens is 1. The molecule has 0 saturated carbocycles. The first kappa shape index (κ1) is 14.3. The number of thiophene rings is 1. The van der Waals surface area contributed by atoms with Crippen molar-refractivity contribution in [2.24, 2.45) is 0 Å². The van der Waals surface area contributed by atoms with E-state index in [1.807, 2.05) is 34.5 Å². The van der Waals surface area contributed by atoms with Gasteiger partial charge in [0, 0.05) is 19.0 Å². The topological polar surface area (TPSA) is 20.3 Å². The molecule has 0 N–H and O–H groups in total. The first-order valence-corrected chi connectivity index (χ1v) is 8.20. The maximum absolute atomic E-state index is 13.1. The van der Waals surface area contributed by atoms with Gasteiger partial charge in [0.1, 0.15) is 5.82 Å². The highest BCUT2D eigenvalue weighted by atomic mass is 32.1. The molecule has 0 radical (unpaired) electrons. The zero-order valence-corrected chi connectivity index (χ0v) is 12.6. The zero-order chi connectivity index (χ0) is 14.7. The van der Waals surface area contributed by atoms with Gasteiger partial charge in [0.25, 0.3) is 5.91 Å². The minimum absolute atomic E-state index is 0.124. The summed E-state index contributed by atoms with van der Waals surface area (Å²) >= 11 is 1.49. The second-order valence-electron chi connectivity index (χ2n) is 5.47. The van der Waals surface area contributed by atoms with Gasteiger partial charge in [-0.1, -0.05) is 24.6 Å². The van der Waals surface area contributed by atoms with Gasteiger partial charge in [-0.2, -0.15) is 0 Å². The standard InChI is InChI=1S/C17H18FNOS/c18-15-8-6-13(7-9-15)14-4-1-2-10-19(12-14)17(20)16-5-3-11-21-16/h3,5-9,11,14H,1-2,4,10,12H2. The van der Waals surface area contributed by atoms with Crippen LogP contribution in [-0.4, -0.2) is 23.9 Å². The summed E-state index contributed by atoms with van der Waals surface area (Å²) in [6.45, 7) is 1.54. The van der Waals surface area contributed by atoms with E-state index in [-0.39, 0.29) is 11.7 Å². The summed E-state index contributed by atoms with van der Waals surface area (Å²) in [5.74, 6) is 0.218. The lowest BCUT2D eigenvalue weighted by Crippen LogP contribution is -2.33. The first-order valence-electron chi connectivity index (χ1n) is 7.32. The average Bonchev–Trinajstić information content (AvgIpc) is 2.92. The quantitative estimate of drug-likeness (QED) is 0.810. The summed E-state index contributed by atoms with van der Waals surface area (Å²) in [5, 5.41) is 1.93. The molecule has 21 heavy (non-hydrogen) atoms. The fourth-order valence-electron chi connectivity index (χ4n) is 2.89. The molecule has 2 nitrogen and oxygen atoms in total. The number of rotatable bonds is 2. The van der Waals surface area contributed by atoms with Crippen molar-refractivity contribution in [3.8, 4) is 0 Å². The molecule has 1 aliphatic rings. The third-order valence-corrected chi connectivity index (χ3v) is 4.89. The van der Waals surface area contributed by atoms with Crippen LogP contribution in [0.2, 0.25) is 0 Å². The molecule has 1 unspecified atom stereocenters. The summed E-state index contributed by atoms with van der Waals surface area (Å²) < 4.78 is 13.1. The maximum atomic E-state index is 13.1. The lowest BCUT2D eigenvalue weighted by Gasteiger charge is -2.24. The van der Waals surface area contributed by atoms with Crippen LogP contribution in [0.5, 0.6) is 0 Å². The Labute approximate surface area is 128 Å². The monoisotopic (exact) mass is 303 g/mol. The highest BCUT2D eigenvalue weighted by molar-refractivity contribution is 7.12. The van der Waals surface area contributed by atoms with Crippen molar-refractivity contribution in [2.75, 3.05) is 13.1 Å². The van der Waals surface area contributed by atoms with Gasteiger partial charge in [-0.3, -0.25) is 4.79 Å². The number of likely N-dealkylation sites (tertiary alicyclic amines) is 1. The largest absolute Gasteiger partial charge is 0.337 e. The average molecular weight is 303 g/mol. The molecule has 1 aromatic heterocycles. The van der Waals surface area contributed by atoms with Crippen LogP contribution in [0.4, 0.5) is 4.39 Å². The molecule has 110 valence electrons. The van der Waals surface area contributed by atoms with Crippen molar-refractivity contribution < 1.29 is 9.18 Å². The van der Waals surface area contributed by atoms with E-state index in [4.69, 9.17) is 0 Å².